The third-order valence-corrected chi connectivity index (χ3v) is 5.61. The normalized spacial score (nSPS) is 21.7. The SMILES string of the molecule is Cc1cnn(CCC(=O)N2CCC([C@H](C)N3CCCC3)CC2)c1. The second-order valence-electron chi connectivity index (χ2n) is 7.23. The Balaban J connectivity index is 1.41. The maximum absolute atomic E-state index is 12.4. The van der Waals surface area contributed by atoms with Gasteiger partial charge in [-0.25, -0.2) is 0 Å². The van der Waals surface area contributed by atoms with Crippen molar-refractivity contribution < 1.29 is 4.79 Å². The van der Waals surface area contributed by atoms with Crippen LogP contribution >= 0.6 is 0 Å². The van der Waals surface area contributed by atoms with Crippen LogP contribution in [0.5, 0.6) is 0 Å². The lowest BCUT2D eigenvalue weighted by atomic mass is 9.89. The molecule has 0 N–H and O–H groups in total. The first-order valence-corrected chi connectivity index (χ1v) is 9.14. The van der Waals surface area contributed by atoms with E-state index < -0.39 is 0 Å². The van der Waals surface area contributed by atoms with Gasteiger partial charge in [-0.15, -0.1) is 0 Å². The monoisotopic (exact) mass is 318 g/mol. The molecule has 128 valence electrons. The third-order valence-electron chi connectivity index (χ3n) is 5.61. The smallest absolute Gasteiger partial charge is 0.224 e. The molecule has 2 aliphatic rings. The molecule has 2 saturated heterocycles. The zero-order chi connectivity index (χ0) is 16.2. The summed E-state index contributed by atoms with van der Waals surface area (Å²) in [4.78, 5) is 17.1. The van der Waals surface area contributed by atoms with Crippen molar-refractivity contribution >= 4 is 5.91 Å². The summed E-state index contributed by atoms with van der Waals surface area (Å²) in [7, 11) is 0. The molecule has 0 aromatic carbocycles. The maximum atomic E-state index is 12.4. The van der Waals surface area contributed by atoms with Gasteiger partial charge in [-0.1, -0.05) is 0 Å². The number of rotatable bonds is 5. The zero-order valence-corrected chi connectivity index (χ0v) is 14.6. The van der Waals surface area contributed by atoms with Gasteiger partial charge in [-0.05, 0) is 64.1 Å². The van der Waals surface area contributed by atoms with E-state index in [0.717, 1.165) is 37.4 Å². The van der Waals surface area contributed by atoms with Crippen molar-refractivity contribution in [1.82, 2.24) is 19.6 Å². The number of likely N-dealkylation sites (tertiary alicyclic amines) is 2. The number of carbonyl (C=O) groups excluding carboxylic acids is 1. The molecule has 1 amide bonds. The average molecular weight is 318 g/mol. The number of amides is 1. The summed E-state index contributed by atoms with van der Waals surface area (Å²) in [6.07, 6.45) is 9.43. The van der Waals surface area contributed by atoms with Crippen LogP contribution in [-0.4, -0.2) is 57.7 Å². The van der Waals surface area contributed by atoms with Crippen LogP contribution in [0, 0.1) is 12.8 Å². The average Bonchev–Trinajstić information content (AvgIpc) is 3.24. The lowest BCUT2D eigenvalue weighted by Gasteiger charge is -2.38. The first kappa shape index (κ1) is 16.5. The van der Waals surface area contributed by atoms with Crippen LogP contribution in [0.25, 0.3) is 0 Å². The topological polar surface area (TPSA) is 41.4 Å². The Labute approximate surface area is 139 Å². The van der Waals surface area contributed by atoms with Gasteiger partial charge in [0.2, 0.25) is 5.91 Å². The summed E-state index contributed by atoms with van der Waals surface area (Å²) >= 11 is 0. The van der Waals surface area contributed by atoms with E-state index in [-0.39, 0.29) is 5.91 Å². The Kier molecular flexibility index (Phi) is 5.36. The van der Waals surface area contributed by atoms with Crippen molar-refractivity contribution in [3.8, 4) is 0 Å². The minimum atomic E-state index is 0.283. The summed E-state index contributed by atoms with van der Waals surface area (Å²) < 4.78 is 1.87. The van der Waals surface area contributed by atoms with E-state index in [1.54, 1.807) is 0 Å². The molecule has 23 heavy (non-hydrogen) atoms. The van der Waals surface area contributed by atoms with Crippen LogP contribution in [-0.2, 0) is 11.3 Å². The molecule has 1 atom stereocenters. The van der Waals surface area contributed by atoms with Crippen LogP contribution < -0.4 is 0 Å². The van der Waals surface area contributed by atoms with Crippen molar-refractivity contribution in [2.45, 2.75) is 58.5 Å². The summed E-state index contributed by atoms with van der Waals surface area (Å²) in [5.74, 6) is 1.04. The highest BCUT2D eigenvalue weighted by molar-refractivity contribution is 5.76. The molecule has 5 nitrogen and oxygen atoms in total. The van der Waals surface area contributed by atoms with Gasteiger partial charge >= 0.3 is 0 Å². The van der Waals surface area contributed by atoms with E-state index in [1.807, 2.05) is 24.0 Å². The molecule has 0 bridgehead atoms. The number of aromatic nitrogens is 2. The first-order chi connectivity index (χ1) is 11.1. The summed E-state index contributed by atoms with van der Waals surface area (Å²) in [6.45, 7) is 9.49. The highest BCUT2D eigenvalue weighted by Crippen LogP contribution is 2.26. The fourth-order valence-corrected chi connectivity index (χ4v) is 4.04. The zero-order valence-electron chi connectivity index (χ0n) is 14.6. The van der Waals surface area contributed by atoms with Gasteiger partial charge in [0.15, 0.2) is 0 Å². The molecule has 0 saturated carbocycles. The van der Waals surface area contributed by atoms with E-state index >= 15 is 0 Å². The lowest BCUT2D eigenvalue weighted by molar-refractivity contribution is -0.133. The third kappa shape index (κ3) is 4.14. The number of carbonyl (C=O) groups is 1. The lowest BCUT2D eigenvalue weighted by Crippen LogP contribution is -2.45. The Hall–Kier alpha value is -1.36. The van der Waals surface area contributed by atoms with Gasteiger partial charge in [-0.2, -0.15) is 5.10 Å². The first-order valence-electron chi connectivity index (χ1n) is 9.14. The molecule has 2 fully saturated rings. The van der Waals surface area contributed by atoms with E-state index in [2.05, 4.69) is 21.8 Å². The molecule has 3 rings (SSSR count). The largest absolute Gasteiger partial charge is 0.343 e. The molecular weight excluding hydrogens is 288 g/mol. The van der Waals surface area contributed by atoms with E-state index in [0.29, 0.717) is 19.0 Å². The molecular formula is C18H30N4O. The Morgan fingerprint density at radius 3 is 2.57 bits per heavy atom. The molecule has 1 aromatic heterocycles. The predicted octanol–water partition coefficient (Wildman–Crippen LogP) is 2.30. The molecule has 0 unspecified atom stereocenters. The predicted molar refractivity (Wildman–Crippen MR) is 91.2 cm³/mol. The van der Waals surface area contributed by atoms with Crippen molar-refractivity contribution in [1.29, 1.82) is 0 Å². The Morgan fingerprint density at radius 2 is 1.96 bits per heavy atom. The van der Waals surface area contributed by atoms with Crippen molar-refractivity contribution in [2.24, 2.45) is 5.92 Å². The minimum absolute atomic E-state index is 0.283. The molecule has 2 aliphatic heterocycles. The number of piperidine rings is 1. The fourth-order valence-electron chi connectivity index (χ4n) is 4.04. The van der Waals surface area contributed by atoms with Gasteiger partial charge in [-0.3, -0.25) is 9.48 Å². The molecule has 5 heteroatoms. The maximum Gasteiger partial charge on any atom is 0.224 e. The van der Waals surface area contributed by atoms with E-state index in [9.17, 15) is 4.79 Å². The molecule has 0 radical (unpaired) electrons. The quantitative estimate of drug-likeness (QED) is 0.836. The number of hydrogen-bond donors (Lipinski definition) is 0. The Morgan fingerprint density at radius 1 is 1.26 bits per heavy atom. The van der Waals surface area contributed by atoms with E-state index in [4.69, 9.17) is 0 Å². The van der Waals surface area contributed by atoms with Crippen molar-refractivity contribution in [3.05, 3.63) is 18.0 Å². The second kappa shape index (κ2) is 7.47. The van der Waals surface area contributed by atoms with Crippen LogP contribution in [0.15, 0.2) is 12.4 Å². The van der Waals surface area contributed by atoms with Crippen LogP contribution in [0.1, 0.15) is 44.6 Å². The standard InChI is InChI=1S/C18H30N4O/c1-15-13-19-22(14-15)12-7-18(23)21-10-5-17(6-11-21)16(2)20-8-3-4-9-20/h13-14,16-17H,3-12H2,1-2H3/t16-/m0/s1. The highest BCUT2D eigenvalue weighted by atomic mass is 16.2. The fraction of sp³-hybridized carbons (Fsp3) is 0.778. The van der Waals surface area contributed by atoms with Gasteiger partial charge in [0, 0.05) is 38.3 Å². The molecule has 0 spiro atoms. The Bertz CT molecular complexity index is 513. The minimum Gasteiger partial charge on any atom is -0.343 e. The van der Waals surface area contributed by atoms with Crippen molar-refractivity contribution in [3.63, 3.8) is 0 Å². The number of hydrogen-bond acceptors (Lipinski definition) is 3. The van der Waals surface area contributed by atoms with Gasteiger partial charge in [0.25, 0.3) is 0 Å². The number of nitrogens with zero attached hydrogens (tertiary/aromatic N) is 4. The van der Waals surface area contributed by atoms with Gasteiger partial charge < -0.3 is 9.80 Å². The second-order valence-corrected chi connectivity index (χ2v) is 7.23. The summed E-state index contributed by atoms with van der Waals surface area (Å²) in [5.41, 5.74) is 1.15. The van der Waals surface area contributed by atoms with Gasteiger partial charge in [0.1, 0.15) is 0 Å². The highest BCUT2D eigenvalue weighted by Gasteiger charge is 2.30. The van der Waals surface area contributed by atoms with Crippen LogP contribution in [0.3, 0.4) is 0 Å². The number of aryl methyl sites for hydroxylation is 2. The van der Waals surface area contributed by atoms with Gasteiger partial charge in [0.05, 0.1) is 6.20 Å². The van der Waals surface area contributed by atoms with E-state index in [1.165, 1.54) is 25.9 Å². The summed E-state index contributed by atoms with van der Waals surface area (Å²) in [5, 5.41) is 4.25. The molecule has 0 aliphatic carbocycles. The summed E-state index contributed by atoms with van der Waals surface area (Å²) in [6, 6.07) is 0.682. The van der Waals surface area contributed by atoms with Crippen molar-refractivity contribution in [2.75, 3.05) is 26.2 Å². The molecule has 3 heterocycles. The van der Waals surface area contributed by atoms with Crippen LogP contribution in [0.4, 0.5) is 0 Å². The molecule has 1 aromatic rings. The van der Waals surface area contributed by atoms with Crippen LogP contribution in [0.2, 0.25) is 0 Å².